The van der Waals surface area contributed by atoms with Gasteiger partial charge < -0.3 is 14.7 Å². The van der Waals surface area contributed by atoms with Crippen molar-refractivity contribution in [2.24, 2.45) is 5.41 Å². The molecule has 8 heteroatoms. The Bertz CT molecular complexity index is 1040. The number of H-pyrrole nitrogens is 1. The molecular formula is C21H25N5O2S. The smallest absolute Gasteiger partial charge is 0.294 e. The van der Waals surface area contributed by atoms with Crippen LogP contribution < -0.4 is 4.74 Å². The van der Waals surface area contributed by atoms with Gasteiger partial charge in [-0.05, 0) is 44.5 Å². The van der Waals surface area contributed by atoms with Gasteiger partial charge in [0.15, 0.2) is 5.01 Å². The van der Waals surface area contributed by atoms with Gasteiger partial charge in [-0.3, -0.25) is 5.10 Å². The van der Waals surface area contributed by atoms with Crippen LogP contribution in [0.5, 0.6) is 10.9 Å². The fourth-order valence-electron chi connectivity index (χ4n) is 4.70. The van der Waals surface area contributed by atoms with Crippen LogP contribution in [0.2, 0.25) is 0 Å². The topological polar surface area (TPSA) is 87.2 Å². The number of nitrogens with one attached hydrogen (secondary N) is 1. The number of piperidine rings is 2. The zero-order valence-corrected chi connectivity index (χ0v) is 17.7. The minimum absolute atomic E-state index is 0.132. The molecular weight excluding hydrogens is 386 g/mol. The molecule has 6 rings (SSSR count). The lowest BCUT2D eigenvalue weighted by molar-refractivity contribution is -0.125. The van der Waals surface area contributed by atoms with Gasteiger partial charge in [0, 0.05) is 35.7 Å². The minimum atomic E-state index is 0.132. The Morgan fingerprint density at radius 2 is 2.10 bits per heavy atom. The molecule has 2 aliphatic heterocycles. The average molecular weight is 412 g/mol. The Labute approximate surface area is 173 Å². The molecule has 0 unspecified atom stereocenters. The van der Waals surface area contributed by atoms with E-state index in [0.29, 0.717) is 15.8 Å². The van der Waals surface area contributed by atoms with Crippen molar-refractivity contribution in [2.45, 2.75) is 44.8 Å². The summed E-state index contributed by atoms with van der Waals surface area (Å²) in [5.41, 5.74) is 2.80. The Kier molecular flexibility index (Phi) is 4.18. The number of nitrogens with zero attached hydrogens (tertiary/aromatic N) is 4. The summed E-state index contributed by atoms with van der Waals surface area (Å²) < 4.78 is 6.35. The van der Waals surface area contributed by atoms with E-state index in [1.54, 1.807) is 18.5 Å². The number of aromatic amines is 1. The van der Waals surface area contributed by atoms with Crippen LogP contribution in [0.15, 0.2) is 30.6 Å². The van der Waals surface area contributed by atoms with Crippen molar-refractivity contribution >= 4 is 11.3 Å². The number of benzene rings is 1. The Morgan fingerprint density at radius 3 is 2.83 bits per heavy atom. The van der Waals surface area contributed by atoms with Crippen molar-refractivity contribution in [1.82, 2.24) is 25.3 Å². The summed E-state index contributed by atoms with van der Waals surface area (Å²) in [7, 11) is 2.21. The van der Waals surface area contributed by atoms with Crippen molar-refractivity contribution in [3.05, 3.63) is 30.6 Å². The molecule has 1 aromatic carbocycles. The molecule has 2 aromatic heterocycles. The molecule has 29 heavy (non-hydrogen) atoms. The number of aromatic hydroxyl groups is 1. The van der Waals surface area contributed by atoms with Gasteiger partial charge >= 0.3 is 0 Å². The molecule has 4 heterocycles. The van der Waals surface area contributed by atoms with Gasteiger partial charge in [0.2, 0.25) is 0 Å². The fraction of sp³-hybridized carbons (Fsp3) is 0.476. The van der Waals surface area contributed by atoms with E-state index >= 15 is 0 Å². The lowest BCUT2D eigenvalue weighted by Gasteiger charge is -2.59. The average Bonchev–Trinajstić information content (AvgIpc) is 3.36. The molecule has 152 valence electrons. The first-order valence-electron chi connectivity index (χ1n) is 9.90. The van der Waals surface area contributed by atoms with E-state index < -0.39 is 0 Å². The number of ether oxygens (including phenoxy) is 1. The monoisotopic (exact) mass is 411 g/mol. The second-order valence-electron chi connectivity index (χ2n) is 8.91. The van der Waals surface area contributed by atoms with Crippen molar-refractivity contribution in [1.29, 1.82) is 0 Å². The molecule has 3 aromatic rings. The molecule has 2 N–H and O–H groups in total. The minimum Gasteiger partial charge on any atom is -0.507 e. The Hall–Kier alpha value is -2.45. The number of hydrogen-bond acceptors (Lipinski definition) is 7. The maximum absolute atomic E-state index is 10.5. The molecule has 3 atom stereocenters. The first-order chi connectivity index (χ1) is 13.9. The standard InChI is InChI=1S/C21H25N5O2S/c1-20-6-7-21(2,26(3)12-20)9-17(20)28-19-25-24-18(29-19)15-5-4-13(8-16(15)27)14-10-22-23-11-14/h4-5,8,10-11,17,27H,6-7,9,12H2,1-3H3,(H,22,23)/t17-,20+,21+/m0/s1. The van der Waals surface area contributed by atoms with Crippen LogP contribution >= 0.6 is 11.3 Å². The SMILES string of the molecule is CN1C[C@@]2(C)CC[C@]1(C)C[C@@H]2Oc1nnc(-c2ccc(-c3cn[nH]c3)cc2O)s1. The molecule has 1 aliphatic carbocycles. The summed E-state index contributed by atoms with van der Waals surface area (Å²) >= 11 is 1.39. The lowest BCUT2D eigenvalue weighted by Crippen LogP contribution is -2.65. The highest BCUT2D eigenvalue weighted by Gasteiger charge is 2.54. The van der Waals surface area contributed by atoms with E-state index in [0.717, 1.165) is 24.1 Å². The van der Waals surface area contributed by atoms with Crippen LogP contribution in [0.4, 0.5) is 0 Å². The molecule has 7 nitrogen and oxygen atoms in total. The molecule has 2 bridgehead atoms. The summed E-state index contributed by atoms with van der Waals surface area (Å²) in [6, 6.07) is 5.53. The van der Waals surface area contributed by atoms with E-state index in [4.69, 9.17) is 4.74 Å². The third-order valence-electron chi connectivity index (χ3n) is 6.87. The van der Waals surface area contributed by atoms with Gasteiger partial charge in [-0.1, -0.05) is 29.4 Å². The predicted molar refractivity (Wildman–Crippen MR) is 112 cm³/mol. The Morgan fingerprint density at radius 1 is 1.24 bits per heavy atom. The summed E-state index contributed by atoms with van der Waals surface area (Å²) in [6.07, 6.45) is 7.03. The molecule has 0 amide bonds. The maximum Gasteiger partial charge on any atom is 0.294 e. The van der Waals surface area contributed by atoms with Crippen molar-refractivity contribution in [3.63, 3.8) is 0 Å². The van der Waals surface area contributed by atoms with Crippen LogP contribution in [-0.4, -0.2) is 55.6 Å². The Balaban J connectivity index is 1.36. The summed E-state index contributed by atoms with van der Waals surface area (Å²) in [6.45, 7) is 5.68. The molecule has 0 radical (unpaired) electrons. The number of hydrogen-bond donors (Lipinski definition) is 2. The van der Waals surface area contributed by atoms with Gasteiger partial charge in [0.1, 0.15) is 11.9 Å². The first-order valence-corrected chi connectivity index (χ1v) is 10.7. The highest BCUT2D eigenvalue weighted by molar-refractivity contribution is 7.16. The molecule has 0 spiro atoms. The second-order valence-corrected chi connectivity index (χ2v) is 9.85. The van der Waals surface area contributed by atoms with E-state index in [2.05, 4.69) is 46.2 Å². The van der Waals surface area contributed by atoms with Crippen molar-refractivity contribution in [3.8, 4) is 32.6 Å². The van der Waals surface area contributed by atoms with Crippen LogP contribution in [0.3, 0.4) is 0 Å². The van der Waals surface area contributed by atoms with E-state index in [1.165, 1.54) is 24.2 Å². The summed E-state index contributed by atoms with van der Waals surface area (Å²) in [4.78, 5) is 2.47. The van der Waals surface area contributed by atoms with E-state index in [1.807, 2.05) is 12.1 Å². The predicted octanol–water partition coefficient (Wildman–Crippen LogP) is 3.94. The van der Waals surface area contributed by atoms with Gasteiger partial charge in [0.25, 0.3) is 5.19 Å². The van der Waals surface area contributed by atoms with Gasteiger partial charge in [-0.25, -0.2) is 0 Å². The molecule has 2 saturated heterocycles. The largest absolute Gasteiger partial charge is 0.507 e. The lowest BCUT2D eigenvalue weighted by atomic mass is 9.62. The molecule has 1 saturated carbocycles. The van der Waals surface area contributed by atoms with Gasteiger partial charge in [0.05, 0.1) is 11.8 Å². The number of phenolic OH excluding ortho intramolecular Hbond substituents is 1. The first kappa shape index (κ1) is 18.6. The second kappa shape index (κ2) is 6.53. The maximum atomic E-state index is 10.5. The van der Waals surface area contributed by atoms with Crippen LogP contribution in [0.25, 0.3) is 21.7 Å². The van der Waals surface area contributed by atoms with Crippen LogP contribution in [-0.2, 0) is 0 Å². The van der Waals surface area contributed by atoms with E-state index in [9.17, 15) is 5.11 Å². The quantitative estimate of drug-likeness (QED) is 0.676. The van der Waals surface area contributed by atoms with Crippen molar-refractivity contribution < 1.29 is 9.84 Å². The van der Waals surface area contributed by atoms with Crippen LogP contribution in [0, 0.1) is 5.41 Å². The van der Waals surface area contributed by atoms with Gasteiger partial charge in [-0.2, -0.15) is 5.10 Å². The zero-order chi connectivity index (χ0) is 20.2. The van der Waals surface area contributed by atoms with Crippen molar-refractivity contribution in [2.75, 3.05) is 13.6 Å². The van der Waals surface area contributed by atoms with Gasteiger partial charge in [-0.15, -0.1) is 5.10 Å². The number of fused-ring (bicyclic) bond motifs is 3. The number of aromatic nitrogens is 4. The molecule has 3 aliphatic rings. The zero-order valence-electron chi connectivity index (χ0n) is 16.8. The fourth-order valence-corrected chi connectivity index (χ4v) is 5.47. The van der Waals surface area contributed by atoms with E-state index in [-0.39, 0.29) is 22.8 Å². The summed E-state index contributed by atoms with van der Waals surface area (Å²) in [5.74, 6) is 0.171. The number of phenols is 1. The third-order valence-corrected chi connectivity index (χ3v) is 7.71. The summed E-state index contributed by atoms with van der Waals surface area (Å²) in [5, 5.41) is 27.0. The highest BCUT2D eigenvalue weighted by Crippen LogP contribution is 2.51. The highest BCUT2D eigenvalue weighted by atomic mass is 32.1. The van der Waals surface area contributed by atoms with Crippen LogP contribution in [0.1, 0.15) is 33.1 Å². The third kappa shape index (κ3) is 3.11. The normalized spacial score (nSPS) is 29.3. The number of rotatable bonds is 4. The molecule has 3 fully saturated rings.